The highest BCUT2D eigenvalue weighted by Gasteiger charge is 2.22. The summed E-state index contributed by atoms with van der Waals surface area (Å²) >= 11 is 0. The number of hydrogen-bond acceptors (Lipinski definition) is 2. The molecule has 3 rings (SSSR count). The fourth-order valence-electron chi connectivity index (χ4n) is 3.37. The Hall–Kier alpha value is -2.29. The second-order valence-electron chi connectivity index (χ2n) is 6.59. The Bertz CT molecular complexity index is 669. The molecule has 3 heteroatoms. The molecule has 1 saturated carbocycles. The third-order valence-electron chi connectivity index (χ3n) is 4.79. The number of nitrogens with one attached hydrogen (secondary N) is 1. The molecule has 1 aliphatic carbocycles. The summed E-state index contributed by atoms with van der Waals surface area (Å²) in [5.74, 6) is 1.27. The van der Waals surface area contributed by atoms with Gasteiger partial charge in [0.1, 0.15) is 5.75 Å². The molecule has 0 aliphatic heterocycles. The number of carbonyl (C=O) groups is 1. The number of amides is 1. The van der Waals surface area contributed by atoms with Crippen molar-refractivity contribution in [3.8, 4) is 16.9 Å². The van der Waals surface area contributed by atoms with E-state index in [1.165, 1.54) is 19.3 Å². The lowest BCUT2D eigenvalue weighted by Crippen LogP contribution is -2.43. The smallest absolute Gasteiger partial charge is 0.258 e. The minimum atomic E-state index is -0.0309. The van der Waals surface area contributed by atoms with Gasteiger partial charge in [0, 0.05) is 11.6 Å². The van der Waals surface area contributed by atoms with Crippen molar-refractivity contribution < 1.29 is 9.53 Å². The van der Waals surface area contributed by atoms with E-state index in [9.17, 15) is 4.79 Å². The summed E-state index contributed by atoms with van der Waals surface area (Å²) in [6.07, 6.45) is 4.75. The predicted molar refractivity (Wildman–Crippen MR) is 96.9 cm³/mol. The first-order chi connectivity index (χ1) is 11.7. The minimum absolute atomic E-state index is 0.0309. The molecule has 2 aromatic rings. The number of para-hydroxylation sites is 1. The molecule has 3 nitrogen and oxygen atoms in total. The van der Waals surface area contributed by atoms with Gasteiger partial charge in [0.15, 0.2) is 6.61 Å². The average Bonchev–Trinajstić information content (AvgIpc) is 2.63. The summed E-state index contributed by atoms with van der Waals surface area (Å²) in [4.78, 5) is 12.2. The number of carbonyl (C=O) groups excluding carboxylic acids is 1. The molecular weight excluding hydrogens is 298 g/mol. The van der Waals surface area contributed by atoms with Crippen LogP contribution in [0.1, 0.15) is 32.6 Å². The van der Waals surface area contributed by atoms with Crippen LogP contribution in [0.2, 0.25) is 0 Å². The summed E-state index contributed by atoms with van der Waals surface area (Å²) in [6.45, 7) is 2.28. The van der Waals surface area contributed by atoms with E-state index >= 15 is 0 Å². The lowest BCUT2D eigenvalue weighted by Gasteiger charge is -2.29. The van der Waals surface area contributed by atoms with E-state index in [1.54, 1.807) is 0 Å². The van der Waals surface area contributed by atoms with Gasteiger partial charge in [-0.25, -0.2) is 0 Å². The predicted octanol–water partition coefficient (Wildman–Crippen LogP) is 4.43. The maximum atomic E-state index is 12.2. The van der Waals surface area contributed by atoms with E-state index < -0.39 is 0 Å². The topological polar surface area (TPSA) is 38.3 Å². The second-order valence-corrected chi connectivity index (χ2v) is 6.59. The SMILES string of the molecule is C[C@@H]1CCCC[C@H]1NC(=O)COc1ccccc1-c1ccccc1. The first-order valence-corrected chi connectivity index (χ1v) is 8.80. The van der Waals surface area contributed by atoms with Crippen molar-refractivity contribution in [2.45, 2.75) is 38.6 Å². The quantitative estimate of drug-likeness (QED) is 0.884. The van der Waals surface area contributed by atoms with Crippen LogP contribution in [0.3, 0.4) is 0 Å². The minimum Gasteiger partial charge on any atom is -0.483 e. The van der Waals surface area contributed by atoms with Gasteiger partial charge in [-0.15, -0.1) is 0 Å². The van der Waals surface area contributed by atoms with Gasteiger partial charge < -0.3 is 10.1 Å². The van der Waals surface area contributed by atoms with Crippen molar-refractivity contribution in [3.05, 3.63) is 54.6 Å². The molecule has 0 unspecified atom stereocenters. The van der Waals surface area contributed by atoms with Crippen LogP contribution in [0.5, 0.6) is 5.75 Å². The Morgan fingerprint density at radius 1 is 1.04 bits per heavy atom. The highest BCUT2D eigenvalue weighted by Crippen LogP contribution is 2.29. The van der Waals surface area contributed by atoms with Gasteiger partial charge in [0.05, 0.1) is 0 Å². The number of rotatable bonds is 5. The van der Waals surface area contributed by atoms with E-state index in [-0.39, 0.29) is 12.5 Å². The number of hydrogen-bond donors (Lipinski definition) is 1. The van der Waals surface area contributed by atoms with Gasteiger partial charge in [-0.1, -0.05) is 68.3 Å². The second kappa shape index (κ2) is 8.00. The zero-order chi connectivity index (χ0) is 16.8. The molecular formula is C21H25NO2. The lowest BCUT2D eigenvalue weighted by atomic mass is 9.86. The maximum absolute atomic E-state index is 12.2. The fourth-order valence-corrected chi connectivity index (χ4v) is 3.37. The molecule has 0 saturated heterocycles. The molecule has 126 valence electrons. The van der Waals surface area contributed by atoms with Crippen molar-refractivity contribution >= 4 is 5.91 Å². The third kappa shape index (κ3) is 4.16. The first kappa shape index (κ1) is 16.6. The molecule has 0 heterocycles. The molecule has 0 radical (unpaired) electrons. The normalized spacial score (nSPS) is 20.4. The molecule has 1 N–H and O–H groups in total. The van der Waals surface area contributed by atoms with Crippen molar-refractivity contribution in [2.24, 2.45) is 5.92 Å². The van der Waals surface area contributed by atoms with Crippen molar-refractivity contribution in [1.29, 1.82) is 0 Å². The molecule has 2 atom stereocenters. The standard InChI is InChI=1S/C21H25NO2/c1-16-9-5-7-13-19(16)22-21(23)15-24-20-14-8-6-12-18(20)17-10-3-2-4-11-17/h2-4,6,8,10-12,14,16,19H,5,7,9,13,15H2,1H3,(H,22,23)/t16-,19-/m1/s1. The molecule has 1 fully saturated rings. The highest BCUT2D eigenvalue weighted by atomic mass is 16.5. The van der Waals surface area contributed by atoms with E-state index in [0.29, 0.717) is 12.0 Å². The van der Waals surface area contributed by atoms with E-state index in [1.807, 2.05) is 54.6 Å². The average molecular weight is 323 g/mol. The molecule has 0 bridgehead atoms. The zero-order valence-electron chi connectivity index (χ0n) is 14.2. The van der Waals surface area contributed by atoms with Crippen LogP contribution in [-0.4, -0.2) is 18.6 Å². The maximum Gasteiger partial charge on any atom is 0.258 e. The van der Waals surface area contributed by atoms with Crippen molar-refractivity contribution in [3.63, 3.8) is 0 Å². The summed E-state index contributed by atoms with van der Waals surface area (Å²) in [6, 6.07) is 18.2. The summed E-state index contributed by atoms with van der Waals surface area (Å²) in [7, 11) is 0. The highest BCUT2D eigenvalue weighted by molar-refractivity contribution is 5.78. The Kier molecular flexibility index (Phi) is 5.52. The van der Waals surface area contributed by atoms with Gasteiger partial charge >= 0.3 is 0 Å². The van der Waals surface area contributed by atoms with Gasteiger partial charge in [0.25, 0.3) is 5.91 Å². The number of ether oxygens (including phenoxy) is 1. The van der Waals surface area contributed by atoms with Crippen LogP contribution in [0, 0.1) is 5.92 Å². The van der Waals surface area contributed by atoms with E-state index in [0.717, 1.165) is 23.3 Å². The zero-order valence-corrected chi connectivity index (χ0v) is 14.2. The van der Waals surface area contributed by atoms with Crippen LogP contribution in [0.15, 0.2) is 54.6 Å². The monoisotopic (exact) mass is 323 g/mol. The molecule has 24 heavy (non-hydrogen) atoms. The van der Waals surface area contributed by atoms with E-state index in [4.69, 9.17) is 4.74 Å². The Morgan fingerprint density at radius 3 is 2.54 bits per heavy atom. The van der Waals surface area contributed by atoms with Crippen LogP contribution in [0.4, 0.5) is 0 Å². The largest absolute Gasteiger partial charge is 0.483 e. The van der Waals surface area contributed by atoms with Crippen LogP contribution < -0.4 is 10.1 Å². The summed E-state index contributed by atoms with van der Waals surface area (Å²) < 4.78 is 5.82. The Morgan fingerprint density at radius 2 is 1.75 bits per heavy atom. The van der Waals surface area contributed by atoms with Crippen molar-refractivity contribution in [1.82, 2.24) is 5.32 Å². The molecule has 1 amide bonds. The van der Waals surface area contributed by atoms with E-state index in [2.05, 4.69) is 12.2 Å². The Labute approximate surface area is 144 Å². The Balaban J connectivity index is 1.61. The van der Waals surface area contributed by atoms with Crippen LogP contribution in [0.25, 0.3) is 11.1 Å². The molecule has 2 aromatic carbocycles. The van der Waals surface area contributed by atoms with Gasteiger partial charge in [0.2, 0.25) is 0 Å². The van der Waals surface area contributed by atoms with Gasteiger partial charge in [-0.05, 0) is 30.4 Å². The molecule has 1 aliphatic rings. The first-order valence-electron chi connectivity index (χ1n) is 8.80. The third-order valence-corrected chi connectivity index (χ3v) is 4.79. The van der Waals surface area contributed by atoms with Gasteiger partial charge in [-0.3, -0.25) is 4.79 Å². The number of benzene rings is 2. The summed E-state index contributed by atoms with van der Waals surface area (Å²) in [5.41, 5.74) is 2.10. The van der Waals surface area contributed by atoms with Crippen LogP contribution >= 0.6 is 0 Å². The lowest BCUT2D eigenvalue weighted by molar-refractivity contribution is -0.124. The summed E-state index contributed by atoms with van der Waals surface area (Å²) in [5, 5.41) is 3.13. The van der Waals surface area contributed by atoms with Gasteiger partial charge in [-0.2, -0.15) is 0 Å². The molecule has 0 aromatic heterocycles. The van der Waals surface area contributed by atoms with Crippen molar-refractivity contribution in [2.75, 3.05) is 6.61 Å². The molecule has 0 spiro atoms. The van der Waals surface area contributed by atoms with Crippen LogP contribution in [-0.2, 0) is 4.79 Å². The fraction of sp³-hybridized carbons (Fsp3) is 0.381.